The maximum absolute atomic E-state index is 13.0. The van der Waals surface area contributed by atoms with Gasteiger partial charge in [-0.15, -0.1) is 0 Å². The molecule has 0 radical (unpaired) electrons. The molecule has 2 aromatic carbocycles. The van der Waals surface area contributed by atoms with Gasteiger partial charge < -0.3 is 15.5 Å². The Morgan fingerprint density at radius 1 is 1.08 bits per heavy atom. The lowest BCUT2D eigenvalue weighted by atomic mass is 9.96. The maximum atomic E-state index is 13.0. The number of carbonyl (C=O) groups excluding carboxylic acids is 1. The predicted molar refractivity (Wildman–Crippen MR) is 95.1 cm³/mol. The van der Waals surface area contributed by atoms with Gasteiger partial charge in [-0.2, -0.15) is 0 Å². The second-order valence-corrected chi connectivity index (χ2v) is 6.54. The number of benzene rings is 2. The highest BCUT2D eigenvalue weighted by Gasteiger charge is 2.44. The normalized spacial score (nSPS) is 14.8. The number of hydrogen-bond acceptors (Lipinski definition) is 2. The summed E-state index contributed by atoms with van der Waals surface area (Å²) < 4.78 is 13.0. The van der Waals surface area contributed by atoms with Gasteiger partial charge in [0.15, 0.2) is 0 Å². The predicted octanol–water partition coefficient (Wildman–Crippen LogP) is 3.75. The topological polar surface area (TPSA) is 44.4 Å². The molecule has 1 aliphatic rings. The Hall–Kier alpha value is -2.56. The second-order valence-electron chi connectivity index (χ2n) is 6.54. The fourth-order valence-corrected chi connectivity index (χ4v) is 2.79. The number of rotatable bonds is 5. The summed E-state index contributed by atoms with van der Waals surface area (Å²) in [6.45, 7) is 0.556. The molecule has 0 bridgehead atoms. The molecule has 1 saturated carbocycles. The van der Waals surface area contributed by atoms with E-state index in [1.54, 1.807) is 0 Å². The summed E-state index contributed by atoms with van der Waals surface area (Å²) in [4.78, 5) is 14.1. The first-order valence-electron chi connectivity index (χ1n) is 8.07. The Morgan fingerprint density at radius 3 is 2.25 bits per heavy atom. The van der Waals surface area contributed by atoms with Crippen molar-refractivity contribution in [3.63, 3.8) is 0 Å². The minimum Gasteiger partial charge on any atom is -0.378 e. The zero-order valence-corrected chi connectivity index (χ0v) is 14.0. The van der Waals surface area contributed by atoms with Crippen LogP contribution in [0.2, 0.25) is 0 Å². The maximum Gasteiger partial charge on any atom is 0.319 e. The smallest absolute Gasteiger partial charge is 0.319 e. The molecule has 0 unspecified atom stereocenters. The highest BCUT2D eigenvalue weighted by molar-refractivity contribution is 5.89. The second kappa shape index (κ2) is 6.51. The van der Waals surface area contributed by atoms with E-state index in [2.05, 4.69) is 10.6 Å². The molecule has 2 aromatic rings. The van der Waals surface area contributed by atoms with Crippen molar-refractivity contribution in [2.75, 3.05) is 30.9 Å². The fraction of sp³-hybridized carbons (Fsp3) is 0.316. The molecule has 0 saturated heterocycles. The third-order valence-corrected chi connectivity index (χ3v) is 4.54. The number of hydrogen-bond donors (Lipinski definition) is 2. The monoisotopic (exact) mass is 327 g/mol. The average molecular weight is 327 g/mol. The Morgan fingerprint density at radius 2 is 1.71 bits per heavy atom. The van der Waals surface area contributed by atoms with E-state index in [0.717, 1.165) is 29.8 Å². The van der Waals surface area contributed by atoms with Crippen LogP contribution < -0.4 is 15.5 Å². The van der Waals surface area contributed by atoms with Gasteiger partial charge in [-0.05, 0) is 54.8 Å². The first kappa shape index (κ1) is 16.3. The average Bonchev–Trinajstić information content (AvgIpc) is 3.35. The van der Waals surface area contributed by atoms with Crippen molar-refractivity contribution < 1.29 is 9.18 Å². The molecule has 0 aromatic heterocycles. The van der Waals surface area contributed by atoms with E-state index in [1.165, 1.54) is 12.1 Å². The number of urea groups is 1. The summed E-state index contributed by atoms with van der Waals surface area (Å²) in [7, 11) is 3.94. The summed E-state index contributed by atoms with van der Waals surface area (Å²) in [6.07, 6.45) is 2.02. The zero-order chi connectivity index (χ0) is 17.2. The summed E-state index contributed by atoms with van der Waals surface area (Å²) in [5, 5.41) is 5.77. The van der Waals surface area contributed by atoms with E-state index in [0.29, 0.717) is 6.54 Å². The van der Waals surface area contributed by atoms with Gasteiger partial charge in [-0.25, -0.2) is 9.18 Å². The number of anilines is 2. The summed E-state index contributed by atoms with van der Waals surface area (Å²) in [6, 6.07) is 14.0. The van der Waals surface area contributed by atoms with Crippen molar-refractivity contribution in [3.8, 4) is 0 Å². The third-order valence-electron chi connectivity index (χ3n) is 4.54. The van der Waals surface area contributed by atoms with Crippen LogP contribution in [-0.2, 0) is 5.41 Å². The van der Waals surface area contributed by atoms with Crippen molar-refractivity contribution in [1.29, 1.82) is 0 Å². The van der Waals surface area contributed by atoms with Gasteiger partial charge in [0.1, 0.15) is 5.82 Å². The van der Waals surface area contributed by atoms with Gasteiger partial charge >= 0.3 is 6.03 Å². The van der Waals surface area contributed by atoms with Crippen molar-refractivity contribution in [3.05, 3.63) is 59.9 Å². The lowest BCUT2D eigenvalue weighted by Crippen LogP contribution is -2.35. The molecule has 5 heteroatoms. The molecule has 126 valence electrons. The molecule has 2 amide bonds. The summed E-state index contributed by atoms with van der Waals surface area (Å²) >= 11 is 0. The molecule has 1 aliphatic carbocycles. The summed E-state index contributed by atoms with van der Waals surface area (Å²) in [5.41, 5.74) is 2.87. The van der Waals surface area contributed by atoms with E-state index in [1.807, 2.05) is 55.4 Å². The lowest BCUT2D eigenvalue weighted by Gasteiger charge is -2.17. The van der Waals surface area contributed by atoms with Gasteiger partial charge in [-0.1, -0.05) is 12.1 Å². The molecule has 0 aliphatic heterocycles. The Balaban J connectivity index is 1.55. The van der Waals surface area contributed by atoms with Gasteiger partial charge in [0, 0.05) is 37.4 Å². The molecule has 0 atom stereocenters. The number of amides is 2. The van der Waals surface area contributed by atoms with E-state index in [-0.39, 0.29) is 17.3 Å². The van der Waals surface area contributed by atoms with Crippen LogP contribution >= 0.6 is 0 Å². The molecule has 1 fully saturated rings. The standard InChI is InChI=1S/C19H22FN3O/c1-23(2)17-9-7-16(8-10-17)22-18(24)21-13-19(11-12-19)14-3-5-15(20)6-4-14/h3-10H,11-13H2,1-2H3,(H2,21,22,24). The van der Waals surface area contributed by atoms with E-state index in [9.17, 15) is 9.18 Å². The number of carbonyl (C=O) groups is 1. The summed E-state index contributed by atoms with van der Waals surface area (Å²) in [5.74, 6) is -0.235. The van der Waals surface area contributed by atoms with Crippen molar-refractivity contribution in [1.82, 2.24) is 5.32 Å². The molecule has 0 spiro atoms. The SMILES string of the molecule is CN(C)c1ccc(NC(=O)NCC2(c3ccc(F)cc3)CC2)cc1. The van der Waals surface area contributed by atoms with Crippen molar-refractivity contribution >= 4 is 17.4 Å². The van der Waals surface area contributed by atoms with Crippen LogP contribution in [0.15, 0.2) is 48.5 Å². The van der Waals surface area contributed by atoms with Gasteiger partial charge in [0.25, 0.3) is 0 Å². The Bertz CT molecular complexity index is 706. The van der Waals surface area contributed by atoms with E-state index in [4.69, 9.17) is 0 Å². The quantitative estimate of drug-likeness (QED) is 0.878. The van der Waals surface area contributed by atoms with Gasteiger partial charge in [0.2, 0.25) is 0 Å². The number of nitrogens with one attached hydrogen (secondary N) is 2. The van der Waals surface area contributed by atoms with Crippen LogP contribution in [0.3, 0.4) is 0 Å². The Kier molecular flexibility index (Phi) is 4.42. The minimum absolute atomic E-state index is 0.0418. The first-order chi connectivity index (χ1) is 11.5. The van der Waals surface area contributed by atoms with Gasteiger partial charge in [0.05, 0.1) is 0 Å². The molecule has 3 rings (SSSR count). The third kappa shape index (κ3) is 3.67. The fourth-order valence-electron chi connectivity index (χ4n) is 2.79. The number of nitrogens with zero attached hydrogens (tertiary/aromatic N) is 1. The van der Waals surface area contributed by atoms with Crippen LogP contribution in [0.25, 0.3) is 0 Å². The molecule has 24 heavy (non-hydrogen) atoms. The number of halogens is 1. The van der Waals surface area contributed by atoms with E-state index < -0.39 is 0 Å². The molecular weight excluding hydrogens is 305 g/mol. The van der Waals surface area contributed by atoms with Crippen LogP contribution in [0.5, 0.6) is 0 Å². The lowest BCUT2D eigenvalue weighted by molar-refractivity contribution is 0.251. The van der Waals surface area contributed by atoms with E-state index >= 15 is 0 Å². The molecule has 4 nitrogen and oxygen atoms in total. The largest absolute Gasteiger partial charge is 0.378 e. The highest BCUT2D eigenvalue weighted by Crippen LogP contribution is 2.47. The first-order valence-corrected chi connectivity index (χ1v) is 8.07. The Labute approximate surface area is 141 Å². The zero-order valence-electron chi connectivity index (χ0n) is 14.0. The minimum atomic E-state index is -0.235. The van der Waals surface area contributed by atoms with Crippen molar-refractivity contribution in [2.24, 2.45) is 0 Å². The molecule has 2 N–H and O–H groups in total. The van der Waals surface area contributed by atoms with Crippen LogP contribution in [-0.4, -0.2) is 26.7 Å². The molecule has 0 heterocycles. The van der Waals surface area contributed by atoms with Gasteiger partial charge in [-0.3, -0.25) is 0 Å². The van der Waals surface area contributed by atoms with Crippen molar-refractivity contribution in [2.45, 2.75) is 18.3 Å². The highest BCUT2D eigenvalue weighted by atomic mass is 19.1. The van der Waals surface area contributed by atoms with Crippen LogP contribution in [0.1, 0.15) is 18.4 Å². The van der Waals surface area contributed by atoms with Crippen LogP contribution in [0, 0.1) is 5.82 Å². The van der Waals surface area contributed by atoms with Crippen LogP contribution in [0.4, 0.5) is 20.6 Å². The molecular formula is C19H22FN3O.